The Bertz CT molecular complexity index is 663. The average Bonchev–Trinajstić information content (AvgIpc) is 2.46. The minimum atomic E-state index is 0.576. The standard InChI is InChI=1S/C14H15N5S/c1-4-10-11(8-15)13(19-18-12(10)5-2)20-14-16-7-6-9(3)17-14/h6-7H,4-5H2,1-3H3. The largest absolute Gasteiger partial charge is 0.231 e. The molecule has 5 nitrogen and oxygen atoms in total. The lowest BCUT2D eigenvalue weighted by Gasteiger charge is -2.09. The molecule has 102 valence electrons. The van der Waals surface area contributed by atoms with Crippen LogP contribution in [-0.2, 0) is 12.8 Å². The van der Waals surface area contributed by atoms with E-state index in [4.69, 9.17) is 0 Å². The maximum atomic E-state index is 9.41. The zero-order valence-corrected chi connectivity index (χ0v) is 12.5. The van der Waals surface area contributed by atoms with Gasteiger partial charge in [-0.2, -0.15) is 10.4 Å². The Labute approximate surface area is 122 Å². The number of nitriles is 1. The van der Waals surface area contributed by atoms with Crippen molar-refractivity contribution in [3.8, 4) is 6.07 Å². The van der Waals surface area contributed by atoms with Gasteiger partial charge in [0.15, 0.2) is 5.16 Å². The van der Waals surface area contributed by atoms with E-state index in [1.54, 1.807) is 6.20 Å². The summed E-state index contributed by atoms with van der Waals surface area (Å²) in [7, 11) is 0. The highest BCUT2D eigenvalue weighted by Crippen LogP contribution is 2.28. The van der Waals surface area contributed by atoms with Crippen LogP contribution >= 0.6 is 11.8 Å². The van der Waals surface area contributed by atoms with Gasteiger partial charge in [0.2, 0.25) is 0 Å². The molecule has 0 saturated carbocycles. The molecule has 6 heteroatoms. The van der Waals surface area contributed by atoms with Crippen molar-refractivity contribution < 1.29 is 0 Å². The number of nitrogens with zero attached hydrogens (tertiary/aromatic N) is 5. The smallest absolute Gasteiger partial charge is 0.194 e. The Kier molecular flexibility index (Phi) is 4.64. The van der Waals surface area contributed by atoms with Gasteiger partial charge in [-0.05, 0) is 43.2 Å². The van der Waals surface area contributed by atoms with Crippen molar-refractivity contribution in [3.63, 3.8) is 0 Å². The summed E-state index contributed by atoms with van der Waals surface area (Å²) < 4.78 is 0. The fraction of sp³-hybridized carbons (Fsp3) is 0.357. The molecule has 2 aromatic heterocycles. The molecule has 2 aromatic rings. The fourth-order valence-electron chi connectivity index (χ4n) is 1.90. The van der Waals surface area contributed by atoms with Crippen molar-refractivity contribution in [1.82, 2.24) is 20.2 Å². The summed E-state index contributed by atoms with van der Waals surface area (Å²) in [5.41, 5.74) is 3.34. The normalized spacial score (nSPS) is 10.3. The Hall–Kier alpha value is -2.00. The van der Waals surface area contributed by atoms with E-state index in [-0.39, 0.29) is 0 Å². The second kappa shape index (κ2) is 6.44. The van der Waals surface area contributed by atoms with E-state index < -0.39 is 0 Å². The summed E-state index contributed by atoms with van der Waals surface area (Å²) in [4.78, 5) is 8.50. The van der Waals surface area contributed by atoms with Crippen LogP contribution in [-0.4, -0.2) is 20.2 Å². The second-order valence-corrected chi connectivity index (χ2v) is 5.16. The Morgan fingerprint density at radius 2 is 2.05 bits per heavy atom. The first-order valence-electron chi connectivity index (χ1n) is 6.45. The SMILES string of the molecule is CCc1nnc(Sc2nccc(C)n2)c(C#N)c1CC. The maximum absolute atomic E-state index is 9.41. The Balaban J connectivity index is 2.45. The first-order valence-corrected chi connectivity index (χ1v) is 7.27. The molecule has 0 saturated heterocycles. The van der Waals surface area contributed by atoms with Gasteiger partial charge in [-0.15, -0.1) is 5.10 Å². The molecule has 0 N–H and O–H groups in total. The number of hydrogen-bond acceptors (Lipinski definition) is 6. The number of rotatable bonds is 4. The van der Waals surface area contributed by atoms with Crippen LogP contribution in [0.1, 0.15) is 36.4 Å². The van der Waals surface area contributed by atoms with E-state index in [0.29, 0.717) is 15.7 Å². The molecule has 2 heterocycles. The number of aryl methyl sites for hydroxylation is 2. The molecule has 0 aromatic carbocycles. The van der Waals surface area contributed by atoms with Crippen LogP contribution in [0.15, 0.2) is 22.4 Å². The average molecular weight is 285 g/mol. The van der Waals surface area contributed by atoms with Gasteiger partial charge in [0, 0.05) is 11.9 Å². The van der Waals surface area contributed by atoms with Crippen molar-refractivity contribution in [1.29, 1.82) is 5.26 Å². The lowest BCUT2D eigenvalue weighted by atomic mass is 10.1. The van der Waals surface area contributed by atoms with Gasteiger partial charge in [-0.1, -0.05) is 13.8 Å². The molecule has 0 aliphatic carbocycles. The zero-order valence-electron chi connectivity index (χ0n) is 11.7. The van der Waals surface area contributed by atoms with Crippen LogP contribution in [0.25, 0.3) is 0 Å². The minimum Gasteiger partial charge on any atom is -0.231 e. The van der Waals surface area contributed by atoms with E-state index in [1.807, 2.05) is 26.8 Å². The van der Waals surface area contributed by atoms with E-state index >= 15 is 0 Å². The van der Waals surface area contributed by atoms with Crippen LogP contribution in [0.3, 0.4) is 0 Å². The van der Waals surface area contributed by atoms with Crippen LogP contribution in [0.5, 0.6) is 0 Å². The van der Waals surface area contributed by atoms with Crippen molar-refractivity contribution in [3.05, 3.63) is 34.8 Å². The molecule has 0 aliphatic rings. The highest BCUT2D eigenvalue weighted by molar-refractivity contribution is 7.99. The van der Waals surface area contributed by atoms with E-state index in [2.05, 4.69) is 26.2 Å². The quantitative estimate of drug-likeness (QED) is 0.804. The Morgan fingerprint density at radius 1 is 1.25 bits per heavy atom. The molecule has 0 radical (unpaired) electrons. The van der Waals surface area contributed by atoms with Gasteiger partial charge in [-0.25, -0.2) is 9.97 Å². The van der Waals surface area contributed by atoms with Gasteiger partial charge >= 0.3 is 0 Å². The molecule has 0 spiro atoms. The first-order chi connectivity index (χ1) is 9.69. The third-order valence-corrected chi connectivity index (χ3v) is 3.74. The molecule has 0 bridgehead atoms. The van der Waals surface area contributed by atoms with Crippen LogP contribution < -0.4 is 0 Å². The monoisotopic (exact) mass is 285 g/mol. The molecule has 0 aliphatic heterocycles. The lowest BCUT2D eigenvalue weighted by molar-refractivity contribution is 0.814. The molecular weight excluding hydrogens is 270 g/mol. The van der Waals surface area contributed by atoms with Gasteiger partial charge in [-0.3, -0.25) is 0 Å². The lowest BCUT2D eigenvalue weighted by Crippen LogP contribution is -2.04. The molecule has 20 heavy (non-hydrogen) atoms. The van der Waals surface area contributed by atoms with Gasteiger partial charge in [0.25, 0.3) is 0 Å². The van der Waals surface area contributed by atoms with Gasteiger partial charge < -0.3 is 0 Å². The molecule has 0 unspecified atom stereocenters. The zero-order chi connectivity index (χ0) is 14.5. The van der Waals surface area contributed by atoms with Crippen LogP contribution in [0.4, 0.5) is 0 Å². The predicted octanol–water partition coefficient (Wildman–Crippen LogP) is 2.72. The summed E-state index contributed by atoms with van der Waals surface area (Å²) in [6.07, 6.45) is 3.24. The highest BCUT2D eigenvalue weighted by atomic mass is 32.2. The van der Waals surface area contributed by atoms with Crippen LogP contribution in [0.2, 0.25) is 0 Å². The topological polar surface area (TPSA) is 75.3 Å². The summed E-state index contributed by atoms with van der Waals surface area (Å²) >= 11 is 1.28. The van der Waals surface area contributed by atoms with Crippen molar-refractivity contribution >= 4 is 11.8 Å². The third-order valence-electron chi connectivity index (χ3n) is 2.89. The summed E-state index contributed by atoms with van der Waals surface area (Å²) in [5, 5.41) is 19.0. The molecule has 2 rings (SSSR count). The molecule has 0 fully saturated rings. The highest BCUT2D eigenvalue weighted by Gasteiger charge is 2.16. The van der Waals surface area contributed by atoms with Crippen molar-refractivity contribution in [2.75, 3.05) is 0 Å². The van der Waals surface area contributed by atoms with Crippen molar-refractivity contribution in [2.45, 2.75) is 43.8 Å². The first kappa shape index (κ1) is 14.4. The predicted molar refractivity (Wildman–Crippen MR) is 76.4 cm³/mol. The maximum Gasteiger partial charge on any atom is 0.194 e. The number of hydrogen-bond donors (Lipinski definition) is 0. The van der Waals surface area contributed by atoms with E-state index in [1.165, 1.54) is 11.8 Å². The van der Waals surface area contributed by atoms with Crippen LogP contribution in [0, 0.1) is 18.3 Å². The van der Waals surface area contributed by atoms with Gasteiger partial charge in [0.1, 0.15) is 11.1 Å². The molecule has 0 atom stereocenters. The Morgan fingerprint density at radius 3 is 2.65 bits per heavy atom. The second-order valence-electron chi connectivity index (χ2n) is 4.21. The molecular formula is C14H15N5S. The minimum absolute atomic E-state index is 0.576. The van der Waals surface area contributed by atoms with Crippen molar-refractivity contribution in [2.24, 2.45) is 0 Å². The summed E-state index contributed by atoms with van der Waals surface area (Å²) in [5.74, 6) is 0. The van der Waals surface area contributed by atoms with E-state index in [9.17, 15) is 5.26 Å². The fourth-order valence-corrected chi connectivity index (χ4v) is 2.73. The molecule has 0 amide bonds. The van der Waals surface area contributed by atoms with Gasteiger partial charge in [0.05, 0.1) is 11.3 Å². The third kappa shape index (κ3) is 2.94. The van der Waals surface area contributed by atoms with E-state index in [0.717, 1.165) is 29.8 Å². The summed E-state index contributed by atoms with van der Waals surface area (Å²) in [6, 6.07) is 4.08. The number of aromatic nitrogens is 4. The summed E-state index contributed by atoms with van der Waals surface area (Å²) in [6.45, 7) is 5.94.